The van der Waals surface area contributed by atoms with Crippen LogP contribution in [0.3, 0.4) is 0 Å². The first-order chi connectivity index (χ1) is 11.2. The Kier molecular flexibility index (Phi) is 5.30. The van der Waals surface area contributed by atoms with Gasteiger partial charge in [-0.25, -0.2) is 0 Å². The molecule has 5 nitrogen and oxygen atoms in total. The zero-order chi connectivity index (χ0) is 16.1. The molecule has 0 aliphatic carbocycles. The van der Waals surface area contributed by atoms with Crippen molar-refractivity contribution < 1.29 is 23.7 Å². The Morgan fingerprint density at radius 3 is 2.78 bits per heavy atom. The monoisotopic (exact) mass is 320 g/mol. The summed E-state index contributed by atoms with van der Waals surface area (Å²) in [4.78, 5) is 11.2. The summed E-state index contributed by atoms with van der Waals surface area (Å²) in [5.41, 5.74) is 1.13. The van der Waals surface area contributed by atoms with E-state index in [9.17, 15) is 4.79 Å². The van der Waals surface area contributed by atoms with E-state index in [1.54, 1.807) is 0 Å². The number of rotatable bonds is 4. The Bertz CT molecular complexity index is 509. The van der Waals surface area contributed by atoms with E-state index in [1.807, 2.05) is 30.3 Å². The lowest BCUT2D eigenvalue weighted by Gasteiger charge is -2.47. The molecule has 0 saturated carbocycles. The Labute approximate surface area is 136 Å². The lowest BCUT2D eigenvalue weighted by molar-refractivity contribution is -0.372. The molecule has 1 aromatic rings. The van der Waals surface area contributed by atoms with Crippen molar-refractivity contribution in [3.63, 3.8) is 0 Å². The van der Waals surface area contributed by atoms with Gasteiger partial charge in [0.15, 0.2) is 5.79 Å². The van der Waals surface area contributed by atoms with E-state index >= 15 is 0 Å². The number of esters is 1. The molecule has 0 aromatic heterocycles. The number of ether oxygens (including phenoxy) is 4. The summed E-state index contributed by atoms with van der Waals surface area (Å²) in [6.07, 6.45) is 3.52. The van der Waals surface area contributed by atoms with Crippen LogP contribution in [0.25, 0.3) is 0 Å². The third-order valence-corrected chi connectivity index (χ3v) is 4.34. The predicted molar refractivity (Wildman–Crippen MR) is 83.4 cm³/mol. The third kappa shape index (κ3) is 4.10. The highest BCUT2D eigenvalue weighted by Crippen LogP contribution is 2.39. The fourth-order valence-electron chi connectivity index (χ4n) is 3.25. The van der Waals surface area contributed by atoms with Crippen LogP contribution in [0, 0.1) is 0 Å². The molecule has 0 amide bonds. The normalized spacial score (nSPS) is 31.0. The standard InChI is InChI=1S/C18H24O5/c1-14(19)22-17-10-9-16(18(23-17)11-5-6-12-21-18)20-13-15-7-3-2-4-8-15/h2-4,7-8,16-17H,5-6,9-13H2,1H3/t16-,17-,18-/m0/s1. The van der Waals surface area contributed by atoms with E-state index in [4.69, 9.17) is 18.9 Å². The maximum absolute atomic E-state index is 11.2. The van der Waals surface area contributed by atoms with Crippen molar-refractivity contribution in [2.75, 3.05) is 6.61 Å². The van der Waals surface area contributed by atoms with Gasteiger partial charge in [0.1, 0.15) is 6.10 Å². The molecule has 2 aliphatic rings. The summed E-state index contributed by atoms with van der Waals surface area (Å²) >= 11 is 0. The molecule has 2 fully saturated rings. The molecule has 3 atom stereocenters. The number of carbonyl (C=O) groups excluding carboxylic acids is 1. The minimum atomic E-state index is -0.786. The highest BCUT2D eigenvalue weighted by molar-refractivity contribution is 5.66. The van der Waals surface area contributed by atoms with E-state index in [0.29, 0.717) is 19.6 Å². The van der Waals surface area contributed by atoms with E-state index in [2.05, 4.69) is 0 Å². The highest BCUT2D eigenvalue weighted by Gasteiger charge is 2.49. The van der Waals surface area contributed by atoms with Crippen LogP contribution in [0.15, 0.2) is 30.3 Å². The van der Waals surface area contributed by atoms with Crippen LogP contribution in [0.5, 0.6) is 0 Å². The van der Waals surface area contributed by atoms with E-state index in [-0.39, 0.29) is 12.1 Å². The quantitative estimate of drug-likeness (QED) is 0.798. The fraction of sp³-hybridized carbons (Fsp3) is 0.611. The Morgan fingerprint density at radius 2 is 2.09 bits per heavy atom. The molecular weight excluding hydrogens is 296 g/mol. The minimum absolute atomic E-state index is 0.144. The van der Waals surface area contributed by atoms with E-state index in [1.165, 1.54) is 6.92 Å². The van der Waals surface area contributed by atoms with Gasteiger partial charge in [-0.3, -0.25) is 4.79 Å². The van der Waals surface area contributed by atoms with Gasteiger partial charge in [-0.1, -0.05) is 30.3 Å². The molecule has 1 aromatic carbocycles. The van der Waals surface area contributed by atoms with Gasteiger partial charge in [-0.15, -0.1) is 0 Å². The molecule has 0 bridgehead atoms. The zero-order valence-electron chi connectivity index (χ0n) is 13.5. The summed E-state index contributed by atoms with van der Waals surface area (Å²) in [6, 6.07) is 10.1. The average Bonchev–Trinajstić information content (AvgIpc) is 2.55. The van der Waals surface area contributed by atoms with Gasteiger partial charge < -0.3 is 18.9 Å². The molecule has 2 saturated heterocycles. The van der Waals surface area contributed by atoms with Crippen LogP contribution in [-0.4, -0.2) is 30.8 Å². The van der Waals surface area contributed by atoms with Crippen LogP contribution in [0.1, 0.15) is 44.6 Å². The number of hydrogen-bond acceptors (Lipinski definition) is 5. The molecule has 2 aliphatic heterocycles. The lowest BCUT2D eigenvalue weighted by Crippen LogP contribution is -2.56. The molecule has 0 radical (unpaired) electrons. The maximum atomic E-state index is 11.2. The summed E-state index contributed by atoms with van der Waals surface area (Å²) in [5, 5.41) is 0. The SMILES string of the molecule is CC(=O)O[C@@H]1CC[C@H](OCc2ccccc2)[C@]2(CCCCO2)O1. The van der Waals surface area contributed by atoms with Crippen LogP contribution in [0.2, 0.25) is 0 Å². The predicted octanol–water partition coefficient (Wildman–Crippen LogP) is 3.17. The molecule has 2 heterocycles. The van der Waals surface area contributed by atoms with E-state index in [0.717, 1.165) is 31.2 Å². The Morgan fingerprint density at radius 1 is 1.26 bits per heavy atom. The van der Waals surface area contributed by atoms with Crippen molar-refractivity contribution >= 4 is 5.97 Å². The van der Waals surface area contributed by atoms with E-state index < -0.39 is 12.1 Å². The maximum Gasteiger partial charge on any atom is 0.304 e. The summed E-state index contributed by atoms with van der Waals surface area (Å²) in [5.74, 6) is -1.12. The van der Waals surface area contributed by atoms with Gasteiger partial charge in [-0.05, 0) is 24.8 Å². The first kappa shape index (κ1) is 16.4. The van der Waals surface area contributed by atoms with Crippen molar-refractivity contribution in [2.45, 2.75) is 63.8 Å². The van der Waals surface area contributed by atoms with Crippen LogP contribution in [0.4, 0.5) is 0 Å². The first-order valence-electron chi connectivity index (χ1n) is 8.32. The minimum Gasteiger partial charge on any atom is -0.436 e. The summed E-state index contributed by atoms with van der Waals surface area (Å²) in [7, 11) is 0. The van der Waals surface area contributed by atoms with Crippen molar-refractivity contribution in [1.29, 1.82) is 0 Å². The molecule has 3 rings (SSSR count). The van der Waals surface area contributed by atoms with Gasteiger partial charge >= 0.3 is 5.97 Å². The van der Waals surface area contributed by atoms with Crippen molar-refractivity contribution in [2.24, 2.45) is 0 Å². The second-order valence-electron chi connectivity index (χ2n) is 6.14. The van der Waals surface area contributed by atoms with Gasteiger partial charge in [0.25, 0.3) is 0 Å². The van der Waals surface area contributed by atoms with Gasteiger partial charge in [-0.2, -0.15) is 0 Å². The Hall–Kier alpha value is -1.43. The van der Waals surface area contributed by atoms with Gasteiger partial charge in [0.05, 0.1) is 13.2 Å². The molecule has 0 unspecified atom stereocenters. The van der Waals surface area contributed by atoms with Crippen LogP contribution >= 0.6 is 0 Å². The molecule has 23 heavy (non-hydrogen) atoms. The van der Waals surface area contributed by atoms with Gasteiger partial charge in [0, 0.05) is 19.8 Å². The molecule has 1 spiro atoms. The summed E-state index contributed by atoms with van der Waals surface area (Å²) in [6.45, 7) is 2.58. The zero-order valence-corrected chi connectivity index (χ0v) is 13.5. The van der Waals surface area contributed by atoms with Crippen molar-refractivity contribution in [1.82, 2.24) is 0 Å². The highest BCUT2D eigenvalue weighted by atomic mass is 16.8. The number of carbonyl (C=O) groups is 1. The molecule has 0 N–H and O–H groups in total. The molecular formula is C18H24O5. The lowest BCUT2D eigenvalue weighted by atomic mass is 9.93. The fourth-order valence-corrected chi connectivity index (χ4v) is 3.25. The largest absolute Gasteiger partial charge is 0.436 e. The number of benzene rings is 1. The van der Waals surface area contributed by atoms with Crippen molar-refractivity contribution in [3.05, 3.63) is 35.9 Å². The first-order valence-corrected chi connectivity index (χ1v) is 8.32. The third-order valence-electron chi connectivity index (χ3n) is 4.34. The van der Waals surface area contributed by atoms with Crippen LogP contribution < -0.4 is 0 Å². The second kappa shape index (κ2) is 7.43. The molecule has 126 valence electrons. The second-order valence-corrected chi connectivity index (χ2v) is 6.14. The van der Waals surface area contributed by atoms with Gasteiger partial charge in [0.2, 0.25) is 6.29 Å². The number of hydrogen-bond donors (Lipinski definition) is 0. The average molecular weight is 320 g/mol. The smallest absolute Gasteiger partial charge is 0.304 e. The summed E-state index contributed by atoms with van der Waals surface area (Å²) < 4.78 is 23.4. The van der Waals surface area contributed by atoms with Crippen molar-refractivity contribution in [3.8, 4) is 0 Å². The topological polar surface area (TPSA) is 54.0 Å². The Balaban J connectivity index is 1.66. The molecule has 5 heteroatoms. The van der Waals surface area contributed by atoms with Crippen LogP contribution in [-0.2, 0) is 30.3 Å².